The van der Waals surface area contributed by atoms with Crippen molar-refractivity contribution in [3.8, 4) is 0 Å². The molecule has 2 heteroatoms. The fourth-order valence-electron chi connectivity index (χ4n) is 0.694. The van der Waals surface area contributed by atoms with E-state index >= 15 is 0 Å². The van der Waals surface area contributed by atoms with Crippen LogP contribution in [0.25, 0.3) is 0 Å². The van der Waals surface area contributed by atoms with E-state index in [-0.39, 0.29) is 0 Å². The predicted molar refractivity (Wildman–Crippen MR) is 47.6 cm³/mol. The normalized spacial score (nSPS) is 15.4. The molecule has 0 aliphatic rings. The van der Waals surface area contributed by atoms with E-state index in [4.69, 9.17) is 4.74 Å². The zero-order valence-electron chi connectivity index (χ0n) is 8.06. The Bertz CT molecular complexity index is 198. The van der Waals surface area contributed by atoms with Gasteiger partial charge in [-0.2, -0.15) is 0 Å². The molecule has 0 aromatic rings. The third kappa shape index (κ3) is 2.66. The molecule has 0 saturated carbocycles. The van der Waals surface area contributed by atoms with Gasteiger partial charge in [0.1, 0.15) is 7.05 Å². The minimum absolute atomic E-state index is 0.943. The van der Waals surface area contributed by atoms with Gasteiger partial charge in [-0.1, -0.05) is 0 Å². The van der Waals surface area contributed by atoms with Crippen molar-refractivity contribution in [1.29, 1.82) is 0 Å². The van der Waals surface area contributed by atoms with Crippen molar-refractivity contribution >= 4 is 5.71 Å². The van der Waals surface area contributed by atoms with Crippen LogP contribution < -0.4 is 0 Å². The molecule has 0 rings (SSSR count). The second-order valence-corrected chi connectivity index (χ2v) is 2.67. The van der Waals surface area contributed by atoms with Gasteiger partial charge >= 0.3 is 0 Å². The van der Waals surface area contributed by atoms with Crippen LogP contribution in [0.2, 0.25) is 0 Å². The molecule has 0 atom stereocenters. The van der Waals surface area contributed by atoms with Gasteiger partial charge in [-0.25, -0.2) is 0 Å². The third-order valence-corrected chi connectivity index (χ3v) is 1.95. The van der Waals surface area contributed by atoms with E-state index in [9.17, 15) is 0 Å². The van der Waals surface area contributed by atoms with Gasteiger partial charge in [0.2, 0.25) is 0 Å². The maximum atomic E-state index is 5.09. The summed E-state index contributed by atoms with van der Waals surface area (Å²) in [6.07, 6.45) is 0. The zero-order chi connectivity index (χ0) is 9.02. The molecular formula is C9H17NO. The van der Waals surface area contributed by atoms with Crippen molar-refractivity contribution in [3.05, 3.63) is 18.4 Å². The lowest BCUT2D eigenvalue weighted by molar-refractivity contribution is -0.430. The second kappa shape index (κ2) is 4.06. The molecule has 2 nitrogen and oxygen atoms in total. The van der Waals surface area contributed by atoms with Gasteiger partial charge in [0, 0.05) is 5.71 Å². The molecule has 0 fully saturated rings. The predicted octanol–water partition coefficient (Wildman–Crippen LogP) is 1.82. The van der Waals surface area contributed by atoms with Gasteiger partial charge in [-0.05, 0) is 33.4 Å². The summed E-state index contributed by atoms with van der Waals surface area (Å²) >= 11 is 0. The lowest BCUT2D eigenvalue weighted by atomic mass is 10.2. The molecule has 0 saturated heterocycles. The Morgan fingerprint density at radius 2 is 1.73 bits per heavy atom. The Morgan fingerprint density at radius 3 is 2.00 bits per heavy atom. The highest BCUT2D eigenvalue weighted by Gasteiger charge is 1.98. The first-order valence-electron chi connectivity index (χ1n) is 3.60. The third-order valence-electron chi connectivity index (χ3n) is 1.95. The molecule has 11 heavy (non-hydrogen) atoms. The summed E-state index contributed by atoms with van der Waals surface area (Å²) in [5.74, 6) is 0.943. The summed E-state index contributed by atoms with van der Waals surface area (Å²) in [7, 11) is 7.38. The molecule has 64 valence electrons. The molecule has 0 N–H and O–H groups in total. The van der Waals surface area contributed by atoms with Crippen molar-refractivity contribution in [1.82, 2.24) is 0 Å². The molecule has 0 bridgehead atoms. The number of hydrogen-bond acceptors (Lipinski definition) is 1. The van der Waals surface area contributed by atoms with Gasteiger partial charge < -0.3 is 9.31 Å². The number of allylic oxidation sites excluding steroid dienone is 2. The standard InChI is InChI=1S/C9H17NO/c1-7(9(3)11-6)8(2)10(4)5/h4H2,1-3,5-6H3/b9-7-. The van der Waals surface area contributed by atoms with Crippen LogP contribution in [0.5, 0.6) is 0 Å². The molecule has 0 aliphatic carbocycles. The van der Waals surface area contributed by atoms with Crippen LogP contribution in [0.15, 0.2) is 11.3 Å². The summed E-state index contributed by atoms with van der Waals surface area (Å²) in [5.41, 5.74) is 2.27. The summed E-state index contributed by atoms with van der Waals surface area (Å²) in [6, 6.07) is 0. The molecule has 0 spiro atoms. The van der Waals surface area contributed by atoms with Gasteiger partial charge in [0.25, 0.3) is 0 Å². The SMILES string of the molecule is [CH2-]/[N+](C)=C(C)\C(C)=C(\C)OC. The van der Waals surface area contributed by atoms with E-state index in [0.717, 1.165) is 17.0 Å². The zero-order valence-corrected chi connectivity index (χ0v) is 8.06. The minimum atomic E-state index is 0.943. The fourth-order valence-corrected chi connectivity index (χ4v) is 0.694. The molecule has 0 aromatic carbocycles. The Hall–Kier alpha value is -0.920. The Balaban J connectivity index is 4.75. The average Bonchev–Trinajstić information content (AvgIpc) is 2.00. The highest BCUT2D eigenvalue weighted by molar-refractivity contribution is 5.94. The molecule has 0 radical (unpaired) electrons. The van der Waals surface area contributed by atoms with E-state index in [1.54, 1.807) is 7.11 Å². The molecular weight excluding hydrogens is 138 g/mol. The molecule has 0 unspecified atom stereocenters. The van der Waals surface area contributed by atoms with Gasteiger partial charge in [0.05, 0.1) is 12.9 Å². The summed E-state index contributed by atoms with van der Waals surface area (Å²) < 4.78 is 6.92. The fraction of sp³-hybridized carbons (Fsp3) is 0.556. The van der Waals surface area contributed by atoms with E-state index in [2.05, 4.69) is 7.05 Å². The summed E-state index contributed by atoms with van der Waals surface area (Å²) in [5, 5.41) is 0. The van der Waals surface area contributed by atoms with Crippen LogP contribution in [-0.2, 0) is 4.74 Å². The maximum absolute atomic E-state index is 5.09. The highest BCUT2D eigenvalue weighted by Crippen LogP contribution is 2.04. The quantitative estimate of drug-likeness (QED) is 0.256. The number of methoxy groups -OCH3 is 1. The van der Waals surface area contributed by atoms with Crippen molar-refractivity contribution < 1.29 is 9.31 Å². The van der Waals surface area contributed by atoms with Crippen LogP contribution in [0.1, 0.15) is 20.8 Å². The largest absolute Gasteiger partial charge is 0.502 e. The first-order valence-corrected chi connectivity index (χ1v) is 3.60. The summed E-state index contributed by atoms with van der Waals surface area (Å²) in [4.78, 5) is 0. The topological polar surface area (TPSA) is 12.2 Å². The number of ether oxygens (including phenoxy) is 1. The summed E-state index contributed by atoms with van der Waals surface area (Å²) in [6.45, 7) is 5.99. The average molecular weight is 155 g/mol. The Morgan fingerprint density at radius 1 is 1.27 bits per heavy atom. The van der Waals surface area contributed by atoms with Crippen LogP contribution >= 0.6 is 0 Å². The van der Waals surface area contributed by atoms with E-state index in [0.29, 0.717) is 0 Å². The van der Waals surface area contributed by atoms with Crippen molar-refractivity contribution in [3.63, 3.8) is 0 Å². The van der Waals surface area contributed by atoms with Gasteiger partial charge in [-0.15, -0.1) is 0 Å². The van der Waals surface area contributed by atoms with E-state index in [1.165, 1.54) is 0 Å². The number of nitrogens with zero attached hydrogens (tertiary/aromatic N) is 1. The van der Waals surface area contributed by atoms with E-state index in [1.807, 2.05) is 32.4 Å². The second-order valence-electron chi connectivity index (χ2n) is 2.67. The highest BCUT2D eigenvalue weighted by atomic mass is 16.5. The van der Waals surface area contributed by atoms with Crippen LogP contribution in [0.3, 0.4) is 0 Å². The number of hydrogen-bond donors (Lipinski definition) is 0. The lowest BCUT2D eigenvalue weighted by Crippen LogP contribution is -2.10. The van der Waals surface area contributed by atoms with Crippen LogP contribution in [-0.4, -0.2) is 24.4 Å². The number of rotatable bonds is 2. The molecule has 0 heterocycles. The van der Waals surface area contributed by atoms with Gasteiger partial charge in [-0.3, -0.25) is 0 Å². The first-order chi connectivity index (χ1) is 5.00. The minimum Gasteiger partial charge on any atom is -0.502 e. The van der Waals surface area contributed by atoms with Gasteiger partial charge in [0.15, 0.2) is 0 Å². The van der Waals surface area contributed by atoms with E-state index < -0.39 is 0 Å². The Kier molecular flexibility index (Phi) is 3.72. The van der Waals surface area contributed by atoms with Crippen molar-refractivity contribution in [2.75, 3.05) is 14.2 Å². The van der Waals surface area contributed by atoms with Crippen molar-refractivity contribution in [2.24, 2.45) is 0 Å². The smallest absolute Gasteiger partial charge is 0.105 e. The molecule has 0 aromatic heterocycles. The molecule has 0 aliphatic heterocycles. The van der Waals surface area contributed by atoms with Crippen molar-refractivity contribution in [2.45, 2.75) is 20.8 Å². The monoisotopic (exact) mass is 155 g/mol. The van der Waals surface area contributed by atoms with Crippen LogP contribution in [0, 0.1) is 7.05 Å². The molecule has 0 amide bonds. The van der Waals surface area contributed by atoms with Crippen LogP contribution in [0.4, 0.5) is 0 Å². The Labute approximate surface area is 69.2 Å². The lowest BCUT2D eigenvalue weighted by Gasteiger charge is -2.10. The maximum Gasteiger partial charge on any atom is 0.105 e. The first kappa shape index (κ1) is 10.1.